The molecule has 0 aromatic carbocycles. The maximum Gasteiger partial charge on any atom is 0.140 e. The predicted molar refractivity (Wildman–Crippen MR) is 117 cm³/mol. The second kappa shape index (κ2) is 9.23. The Kier molecular flexibility index (Phi) is 7.25. The van der Waals surface area contributed by atoms with Gasteiger partial charge in [-0.3, -0.25) is 9.38 Å². The topological polar surface area (TPSA) is 42.2 Å². The molecule has 0 fully saturated rings. The number of aryl methyl sites for hydroxylation is 1. The molecule has 0 aliphatic heterocycles. The van der Waals surface area contributed by atoms with Gasteiger partial charge in [0.1, 0.15) is 17.2 Å². The summed E-state index contributed by atoms with van der Waals surface area (Å²) in [5.74, 6) is 1.03. The zero-order valence-corrected chi connectivity index (χ0v) is 17.6. The average Bonchev–Trinajstić information content (AvgIpc) is 2.97. The molecule has 146 valence electrons. The molecule has 0 unspecified atom stereocenters. The molecule has 0 saturated heterocycles. The van der Waals surface area contributed by atoms with Crippen LogP contribution in [0, 0.1) is 6.92 Å². The van der Waals surface area contributed by atoms with Crippen LogP contribution in [0.3, 0.4) is 0 Å². The molecule has 0 atom stereocenters. The van der Waals surface area contributed by atoms with E-state index in [1.165, 1.54) is 31.2 Å². The Hall–Kier alpha value is -2.07. The first-order valence-electron chi connectivity index (χ1n) is 9.68. The number of rotatable bonds is 8. The molecule has 5 heteroatoms. The van der Waals surface area contributed by atoms with Crippen LogP contribution in [0.15, 0.2) is 42.7 Å². The lowest BCUT2D eigenvalue weighted by Crippen LogP contribution is -2.31. The van der Waals surface area contributed by atoms with E-state index in [2.05, 4.69) is 60.7 Å². The molecule has 0 aliphatic rings. The number of nitrogens with zero attached hydrogens (tertiary/aromatic N) is 3. The fraction of sp³-hybridized carbons (Fsp3) is 0.455. The molecule has 3 rings (SSSR count). The zero-order chi connectivity index (χ0) is 18.6. The molecular formula is C22H31ClN4. The summed E-state index contributed by atoms with van der Waals surface area (Å²) in [6.07, 6.45) is 10.2. The fourth-order valence-electron chi connectivity index (χ4n) is 3.33. The number of halogens is 1. The lowest BCUT2D eigenvalue weighted by atomic mass is 9.96. The van der Waals surface area contributed by atoms with Crippen molar-refractivity contribution < 1.29 is 0 Å². The van der Waals surface area contributed by atoms with E-state index in [4.69, 9.17) is 4.98 Å². The maximum atomic E-state index is 4.86. The first-order chi connectivity index (χ1) is 12.5. The van der Waals surface area contributed by atoms with E-state index in [0.29, 0.717) is 0 Å². The molecule has 27 heavy (non-hydrogen) atoms. The molecule has 0 aliphatic carbocycles. The number of aromatic nitrogens is 3. The highest BCUT2D eigenvalue weighted by Gasteiger charge is 2.23. The fourth-order valence-corrected chi connectivity index (χ4v) is 3.33. The van der Waals surface area contributed by atoms with E-state index >= 15 is 0 Å². The Morgan fingerprint density at radius 1 is 1.07 bits per heavy atom. The Labute approximate surface area is 168 Å². The molecule has 0 amide bonds. The number of nitrogens with one attached hydrogen (secondary N) is 1. The Morgan fingerprint density at radius 2 is 1.89 bits per heavy atom. The summed E-state index contributed by atoms with van der Waals surface area (Å²) in [5, 5.41) is 3.77. The maximum absolute atomic E-state index is 4.86. The second-order valence-electron chi connectivity index (χ2n) is 7.78. The van der Waals surface area contributed by atoms with Gasteiger partial charge in [-0.1, -0.05) is 44.7 Å². The number of unbranched alkanes of at least 4 members (excludes halogenated alkanes) is 3. The summed E-state index contributed by atoms with van der Waals surface area (Å²) < 4.78 is 2.16. The molecule has 0 bridgehead atoms. The van der Waals surface area contributed by atoms with Crippen LogP contribution in [0.25, 0.3) is 17.0 Å². The normalized spacial score (nSPS) is 11.4. The summed E-state index contributed by atoms with van der Waals surface area (Å²) >= 11 is 0. The molecule has 1 N–H and O–H groups in total. The van der Waals surface area contributed by atoms with Crippen molar-refractivity contribution in [3.63, 3.8) is 0 Å². The van der Waals surface area contributed by atoms with E-state index < -0.39 is 0 Å². The van der Waals surface area contributed by atoms with Crippen molar-refractivity contribution in [3.05, 3.63) is 48.3 Å². The van der Waals surface area contributed by atoms with Crippen molar-refractivity contribution in [1.29, 1.82) is 0 Å². The molecule has 3 aromatic heterocycles. The van der Waals surface area contributed by atoms with Crippen LogP contribution in [-0.2, 0) is 0 Å². The first-order valence-corrected chi connectivity index (χ1v) is 9.68. The molecule has 3 heterocycles. The largest absolute Gasteiger partial charge is 0.364 e. The van der Waals surface area contributed by atoms with Gasteiger partial charge in [-0.25, -0.2) is 4.98 Å². The van der Waals surface area contributed by atoms with Gasteiger partial charge >= 0.3 is 0 Å². The molecule has 3 aromatic rings. The van der Waals surface area contributed by atoms with E-state index in [1.807, 2.05) is 24.4 Å². The quantitative estimate of drug-likeness (QED) is 0.462. The van der Waals surface area contributed by atoms with Crippen LogP contribution >= 0.6 is 12.4 Å². The predicted octanol–water partition coefficient (Wildman–Crippen LogP) is 6.29. The second-order valence-corrected chi connectivity index (χ2v) is 7.78. The molecule has 0 radical (unpaired) electrons. The van der Waals surface area contributed by atoms with E-state index in [-0.39, 0.29) is 17.9 Å². The Bertz CT molecular complexity index is 855. The Balaban J connectivity index is 0.00000261. The standard InChI is InChI=1S/C22H30N4.ClH/c1-5-6-7-9-14-22(3,4)25-21-20(18-11-8-10-15-23-18)24-19-13-12-17(2)16-26(19)21;/h8,10-13,15-16,25H,5-7,9,14H2,1-4H3;1H. The van der Waals surface area contributed by atoms with Crippen LogP contribution < -0.4 is 5.32 Å². The minimum Gasteiger partial charge on any atom is -0.364 e. The van der Waals surface area contributed by atoms with Crippen LogP contribution in [0.5, 0.6) is 0 Å². The van der Waals surface area contributed by atoms with Crippen molar-refractivity contribution >= 4 is 23.9 Å². The summed E-state index contributed by atoms with van der Waals surface area (Å²) in [6, 6.07) is 10.1. The van der Waals surface area contributed by atoms with Gasteiger partial charge in [0.2, 0.25) is 0 Å². The van der Waals surface area contributed by atoms with Gasteiger partial charge in [0, 0.05) is 17.9 Å². The van der Waals surface area contributed by atoms with Gasteiger partial charge in [-0.2, -0.15) is 0 Å². The third-order valence-corrected chi connectivity index (χ3v) is 4.79. The monoisotopic (exact) mass is 386 g/mol. The number of pyridine rings is 2. The Morgan fingerprint density at radius 3 is 2.59 bits per heavy atom. The smallest absolute Gasteiger partial charge is 0.140 e. The van der Waals surface area contributed by atoms with Gasteiger partial charge in [0.05, 0.1) is 5.69 Å². The van der Waals surface area contributed by atoms with Gasteiger partial charge in [0.15, 0.2) is 0 Å². The van der Waals surface area contributed by atoms with Crippen molar-refractivity contribution in [1.82, 2.24) is 14.4 Å². The van der Waals surface area contributed by atoms with Gasteiger partial charge < -0.3 is 5.32 Å². The van der Waals surface area contributed by atoms with E-state index in [9.17, 15) is 0 Å². The van der Waals surface area contributed by atoms with Crippen molar-refractivity contribution in [2.45, 2.75) is 65.3 Å². The summed E-state index contributed by atoms with van der Waals surface area (Å²) in [5.41, 5.74) is 3.97. The summed E-state index contributed by atoms with van der Waals surface area (Å²) in [6.45, 7) is 8.91. The summed E-state index contributed by atoms with van der Waals surface area (Å²) in [7, 11) is 0. The highest BCUT2D eigenvalue weighted by atomic mass is 35.5. The molecular weight excluding hydrogens is 356 g/mol. The molecule has 4 nitrogen and oxygen atoms in total. The lowest BCUT2D eigenvalue weighted by molar-refractivity contribution is 0.476. The number of fused-ring (bicyclic) bond motifs is 1. The van der Waals surface area contributed by atoms with E-state index in [0.717, 1.165) is 29.3 Å². The molecule has 0 saturated carbocycles. The minimum atomic E-state index is -0.00299. The highest BCUT2D eigenvalue weighted by Crippen LogP contribution is 2.31. The highest BCUT2D eigenvalue weighted by molar-refractivity contribution is 5.85. The zero-order valence-electron chi connectivity index (χ0n) is 16.8. The first kappa shape index (κ1) is 21.2. The van der Waals surface area contributed by atoms with Gasteiger partial charge in [-0.05, 0) is 51.0 Å². The van der Waals surface area contributed by atoms with E-state index in [1.54, 1.807) is 0 Å². The van der Waals surface area contributed by atoms with Crippen LogP contribution in [0.4, 0.5) is 5.82 Å². The third-order valence-electron chi connectivity index (χ3n) is 4.79. The van der Waals surface area contributed by atoms with Crippen LogP contribution in [-0.4, -0.2) is 19.9 Å². The van der Waals surface area contributed by atoms with Crippen LogP contribution in [0.1, 0.15) is 58.4 Å². The van der Waals surface area contributed by atoms with Crippen LogP contribution in [0.2, 0.25) is 0 Å². The number of hydrogen-bond donors (Lipinski definition) is 1. The molecule has 0 spiro atoms. The van der Waals surface area contributed by atoms with Gasteiger partial charge in [-0.15, -0.1) is 12.4 Å². The SMILES string of the molecule is CCCCCCC(C)(C)Nc1c(-c2ccccn2)nc2ccc(C)cn12.Cl. The number of hydrogen-bond acceptors (Lipinski definition) is 3. The minimum absolute atomic E-state index is 0. The average molecular weight is 387 g/mol. The summed E-state index contributed by atoms with van der Waals surface area (Å²) in [4.78, 5) is 9.38. The third kappa shape index (κ3) is 5.23. The number of anilines is 1. The van der Waals surface area contributed by atoms with Gasteiger partial charge in [0.25, 0.3) is 0 Å². The van der Waals surface area contributed by atoms with Crippen molar-refractivity contribution in [3.8, 4) is 11.4 Å². The number of imidazole rings is 1. The lowest BCUT2D eigenvalue weighted by Gasteiger charge is -2.28. The van der Waals surface area contributed by atoms with Crippen molar-refractivity contribution in [2.24, 2.45) is 0 Å². The van der Waals surface area contributed by atoms with Crippen molar-refractivity contribution in [2.75, 3.05) is 5.32 Å².